The number of anilines is 2. The van der Waals surface area contributed by atoms with E-state index in [4.69, 9.17) is 14.2 Å². The van der Waals surface area contributed by atoms with Gasteiger partial charge in [0.25, 0.3) is 0 Å². The van der Waals surface area contributed by atoms with Gasteiger partial charge in [0.15, 0.2) is 11.5 Å². The van der Waals surface area contributed by atoms with Crippen LogP contribution in [0, 0.1) is 0 Å². The summed E-state index contributed by atoms with van der Waals surface area (Å²) in [5.74, 6) is 1.50. The number of benzene rings is 2. The van der Waals surface area contributed by atoms with Gasteiger partial charge in [-0.05, 0) is 30.8 Å². The van der Waals surface area contributed by atoms with Crippen molar-refractivity contribution in [1.29, 1.82) is 0 Å². The van der Waals surface area contributed by atoms with Gasteiger partial charge in [0.05, 0.1) is 20.2 Å². The normalized spacial score (nSPS) is 12.0. The number of nitrogens with zero attached hydrogens (tertiary/aromatic N) is 1. The zero-order valence-electron chi connectivity index (χ0n) is 15.9. The molecule has 0 aromatic heterocycles. The van der Waals surface area contributed by atoms with E-state index >= 15 is 0 Å². The third-order valence-corrected chi connectivity index (χ3v) is 4.19. The van der Waals surface area contributed by atoms with E-state index in [1.807, 2.05) is 6.92 Å². The number of ether oxygens (including phenoxy) is 3. The van der Waals surface area contributed by atoms with Gasteiger partial charge in [-0.3, -0.25) is 14.5 Å². The molecule has 0 spiro atoms. The SMILES string of the molecule is CCN(CC(=O)Nc1cccc(OC)c1)CC(=O)Nc1ccc2c(c1)OCO2. The lowest BCUT2D eigenvalue weighted by Crippen LogP contribution is -2.38. The van der Waals surface area contributed by atoms with E-state index in [-0.39, 0.29) is 31.7 Å². The molecule has 148 valence electrons. The molecule has 0 radical (unpaired) electrons. The molecule has 8 heteroatoms. The van der Waals surface area contributed by atoms with Crippen LogP contribution < -0.4 is 24.8 Å². The Balaban J connectivity index is 1.51. The van der Waals surface area contributed by atoms with E-state index < -0.39 is 0 Å². The number of fused-ring (bicyclic) bond motifs is 1. The lowest BCUT2D eigenvalue weighted by Gasteiger charge is -2.19. The van der Waals surface area contributed by atoms with E-state index in [9.17, 15) is 9.59 Å². The van der Waals surface area contributed by atoms with Gasteiger partial charge >= 0.3 is 0 Å². The Hall–Kier alpha value is -3.26. The number of carbonyl (C=O) groups is 2. The third kappa shape index (κ3) is 5.14. The fourth-order valence-electron chi connectivity index (χ4n) is 2.76. The third-order valence-electron chi connectivity index (χ3n) is 4.19. The Morgan fingerprint density at radius 2 is 1.68 bits per heavy atom. The highest BCUT2D eigenvalue weighted by atomic mass is 16.7. The topological polar surface area (TPSA) is 89.1 Å². The number of amides is 2. The maximum atomic E-state index is 12.3. The van der Waals surface area contributed by atoms with Gasteiger partial charge in [0.1, 0.15) is 5.75 Å². The lowest BCUT2D eigenvalue weighted by atomic mass is 10.2. The minimum absolute atomic E-state index is 0.0937. The van der Waals surface area contributed by atoms with Gasteiger partial charge in [-0.25, -0.2) is 0 Å². The summed E-state index contributed by atoms with van der Waals surface area (Å²) in [4.78, 5) is 26.4. The van der Waals surface area contributed by atoms with Crippen LogP contribution in [0.2, 0.25) is 0 Å². The van der Waals surface area contributed by atoms with Crippen molar-refractivity contribution in [3.8, 4) is 17.2 Å². The Kier molecular flexibility index (Phi) is 6.33. The van der Waals surface area contributed by atoms with Crippen LogP contribution >= 0.6 is 0 Å². The smallest absolute Gasteiger partial charge is 0.238 e. The van der Waals surface area contributed by atoms with Crippen molar-refractivity contribution < 1.29 is 23.8 Å². The van der Waals surface area contributed by atoms with Gasteiger partial charge < -0.3 is 24.8 Å². The predicted molar refractivity (Wildman–Crippen MR) is 105 cm³/mol. The number of rotatable bonds is 8. The lowest BCUT2D eigenvalue weighted by molar-refractivity contribution is -0.119. The van der Waals surface area contributed by atoms with Crippen LogP contribution in [-0.4, -0.2) is 50.3 Å². The molecule has 0 saturated carbocycles. The van der Waals surface area contributed by atoms with Crippen LogP contribution in [0.1, 0.15) is 6.92 Å². The minimum atomic E-state index is -0.213. The highest BCUT2D eigenvalue weighted by molar-refractivity contribution is 5.95. The van der Waals surface area contributed by atoms with Crippen molar-refractivity contribution in [2.24, 2.45) is 0 Å². The first-order valence-corrected chi connectivity index (χ1v) is 8.93. The maximum Gasteiger partial charge on any atom is 0.238 e. The molecule has 8 nitrogen and oxygen atoms in total. The average Bonchev–Trinajstić information content (AvgIpc) is 3.15. The number of hydrogen-bond acceptors (Lipinski definition) is 6. The van der Waals surface area contributed by atoms with Crippen molar-refractivity contribution in [3.63, 3.8) is 0 Å². The Morgan fingerprint density at radius 3 is 2.36 bits per heavy atom. The molecule has 0 unspecified atom stereocenters. The van der Waals surface area contributed by atoms with Crippen molar-refractivity contribution in [3.05, 3.63) is 42.5 Å². The maximum absolute atomic E-state index is 12.3. The summed E-state index contributed by atoms with van der Waals surface area (Å²) in [5.41, 5.74) is 1.26. The fourth-order valence-corrected chi connectivity index (χ4v) is 2.76. The molecule has 1 aliphatic heterocycles. The van der Waals surface area contributed by atoms with Crippen molar-refractivity contribution in [2.45, 2.75) is 6.92 Å². The summed E-state index contributed by atoms with van der Waals surface area (Å²) >= 11 is 0. The summed E-state index contributed by atoms with van der Waals surface area (Å²) in [6.45, 7) is 2.82. The minimum Gasteiger partial charge on any atom is -0.497 e. The number of nitrogens with one attached hydrogen (secondary N) is 2. The van der Waals surface area contributed by atoms with Crippen LogP contribution in [0.5, 0.6) is 17.2 Å². The summed E-state index contributed by atoms with van der Waals surface area (Å²) in [5, 5.41) is 5.62. The molecule has 0 fully saturated rings. The van der Waals surface area contributed by atoms with Crippen LogP contribution in [0.4, 0.5) is 11.4 Å². The zero-order valence-corrected chi connectivity index (χ0v) is 15.9. The molecule has 1 heterocycles. The molecule has 3 rings (SSSR count). The predicted octanol–water partition coefficient (Wildman–Crippen LogP) is 2.32. The van der Waals surface area contributed by atoms with Crippen molar-refractivity contribution in [1.82, 2.24) is 4.90 Å². The quantitative estimate of drug-likeness (QED) is 0.725. The van der Waals surface area contributed by atoms with E-state index in [0.717, 1.165) is 0 Å². The zero-order chi connectivity index (χ0) is 19.9. The van der Waals surface area contributed by atoms with Crippen LogP contribution in [0.15, 0.2) is 42.5 Å². The molecule has 28 heavy (non-hydrogen) atoms. The summed E-state index contributed by atoms with van der Waals surface area (Å²) < 4.78 is 15.7. The first-order chi connectivity index (χ1) is 13.6. The number of methoxy groups -OCH3 is 1. The summed E-state index contributed by atoms with van der Waals surface area (Å²) in [6.07, 6.45) is 0. The molecular weight excluding hydrogens is 362 g/mol. The van der Waals surface area contributed by atoms with E-state index in [2.05, 4.69) is 10.6 Å². The van der Waals surface area contributed by atoms with Gasteiger partial charge in [0.2, 0.25) is 18.6 Å². The van der Waals surface area contributed by atoms with E-state index in [0.29, 0.717) is 35.2 Å². The van der Waals surface area contributed by atoms with Gasteiger partial charge in [-0.15, -0.1) is 0 Å². The Morgan fingerprint density at radius 1 is 1.00 bits per heavy atom. The fraction of sp³-hybridized carbons (Fsp3) is 0.300. The van der Waals surface area contributed by atoms with Crippen LogP contribution in [0.25, 0.3) is 0 Å². The van der Waals surface area contributed by atoms with E-state index in [1.54, 1.807) is 54.5 Å². The number of carbonyl (C=O) groups excluding carboxylic acids is 2. The number of likely N-dealkylation sites (N-methyl/N-ethyl adjacent to an activating group) is 1. The first kappa shape index (κ1) is 19.5. The van der Waals surface area contributed by atoms with Gasteiger partial charge in [-0.1, -0.05) is 13.0 Å². The van der Waals surface area contributed by atoms with Crippen molar-refractivity contribution in [2.75, 3.05) is 44.2 Å². The van der Waals surface area contributed by atoms with E-state index in [1.165, 1.54) is 0 Å². The standard InChI is InChI=1S/C20H23N3O5/c1-3-23(11-19(24)21-14-5-4-6-16(9-14)26-2)12-20(25)22-15-7-8-17-18(10-15)28-13-27-17/h4-10H,3,11-13H2,1-2H3,(H,21,24)(H,22,25). The highest BCUT2D eigenvalue weighted by Gasteiger charge is 2.16. The van der Waals surface area contributed by atoms with Crippen molar-refractivity contribution >= 4 is 23.2 Å². The molecule has 2 N–H and O–H groups in total. The molecule has 1 aliphatic rings. The van der Waals surface area contributed by atoms with Gasteiger partial charge in [0, 0.05) is 23.5 Å². The highest BCUT2D eigenvalue weighted by Crippen LogP contribution is 2.34. The molecule has 2 aromatic rings. The second-order valence-electron chi connectivity index (χ2n) is 6.20. The van der Waals surface area contributed by atoms with Crippen LogP contribution in [-0.2, 0) is 9.59 Å². The Labute approximate surface area is 163 Å². The average molecular weight is 385 g/mol. The van der Waals surface area contributed by atoms with Gasteiger partial charge in [-0.2, -0.15) is 0 Å². The first-order valence-electron chi connectivity index (χ1n) is 8.93. The Bertz CT molecular complexity index is 855. The number of hydrogen-bond donors (Lipinski definition) is 2. The second-order valence-corrected chi connectivity index (χ2v) is 6.20. The molecule has 2 amide bonds. The monoisotopic (exact) mass is 385 g/mol. The summed E-state index contributed by atoms with van der Waals surface area (Å²) in [7, 11) is 1.57. The molecule has 0 aliphatic carbocycles. The molecule has 0 atom stereocenters. The van der Waals surface area contributed by atoms with Crippen LogP contribution in [0.3, 0.4) is 0 Å². The molecule has 2 aromatic carbocycles. The molecular formula is C20H23N3O5. The summed E-state index contributed by atoms with van der Waals surface area (Å²) in [6, 6.07) is 12.3. The molecule has 0 saturated heterocycles. The second kappa shape index (κ2) is 9.09. The molecule has 0 bridgehead atoms. The largest absolute Gasteiger partial charge is 0.497 e.